The van der Waals surface area contributed by atoms with Crippen LogP contribution in [0.1, 0.15) is 34.1 Å². The Kier molecular flexibility index (Phi) is 6.33. The minimum atomic E-state index is -1.85. The van der Waals surface area contributed by atoms with Gasteiger partial charge < -0.3 is 19.8 Å². The van der Waals surface area contributed by atoms with Crippen LogP contribution in [-0.4, -0.2) is 52.2 Å². The molecule has 0 aliphatic heterocycles. The van der Waals surface area contributed by atoms with Crippen LogP contribution < -0.4 is 5.32 Å². The van der Waals surface area contributed by atoms with Gasteiger partial charge in [-0.3, -0.25) is 0 Å². The van der Waals surface area contributed by atoms with Gasteiger partial charge in [-0.25, -0.2) is 4.39 Å². The summed E-state index contributed by atoms with van der Waals surface area (Å²) in [6.07, 6.45) is -1.59. The molecule has 4 nitrogen and oxygen atoms in total. The molecular weight excluding hydrogens is 235 g/mol. The molecule has 0 aromatic heterocycles. The predicted molar refractivity (Wildman–Crippen MR) is 69.9 cm³/mol. The number of hydrogen-bond acceptors (Lipinski definition) is 4. The molecule has 4 radical (unpaired) electrons. The summed E-state index contributed by atoms with van der Waals surface area (Å²) in [4.78, 5) is 0. The van der Waals surface area contributed by atoms with Gasteiger partial charge in [0.15, 0.2) is 5.79 Å². The van der Waals surface area contributed by atoms with Crippen LogP contribution in [0.2, 0.25) is 0 Å². The highest BCUT2D eigenvalue weighted by molar-refractivity contribution is 6.15. The van der Waals surface area contributed by atoms with E-state index in [0.29, 0.717) is 0 Å². The molecule has 18 heavy (non-hydrogen) atoms. The standard InChI is InChI=1S/C11H22B2FNO3/c1-6-11(18-13,9(2,3)7-16)17-8(14)10(4,12)15-5/h8,15-16H,6-7H2,1-5H3/t8-,10+,11-/m0/s1. The van der Waals surface area contributed by atoms with E-state index >= 15 is 0 Å². The molecule has 0 heterocycles. The molecule has 0 rings (SSSR count). The number of hydrogen-bond donors (Lipinski definition) is 2. The van der Waals surface area contributed by atoms with Gasteiger partial charge in [0.25, 0.3) is 8.05 Å². The lowest BCUT2D eigenvalue weighted by molar-refractivity contribution is -0.305. The second-order valence-electron chi connectivity index (χ2n) is 5.23. The molecule has 7 heteroatoms. The minimum absolute atomic E-state index is 0.261. The molecule has 0 unspecified atom stereocenters. The summed E-state index contributed by atoms with van der Waals surface area (Å²) in [5.74, 6) is -1.46. The quantitative estimate of drug-likeness (QED) is 0.494. The van der Waals surface area contributed by atoms with Gasteiger partial charge in [-0.05, 0) is 13.5 Å². The van der Waals surface area contributed by atoms with Crippen molar-refractivity contribution in [2.75, 3.05) is 13.7 Å². The van der Waals surface area contributed by atoms with E-state index in [1.807, 2.05) is 0 Å². The number of aliphatic hydroxyl groups is 1. The fourth-order valence-corrected chi connectivity index (χ4v) is 1.52. The Morgan fingerprint density at radius 1 is 1.39 bits per heavy atom. The average molecular weight is 257 g/mol. The average Bonchev–Trinajstić information content (AvgIpc) is 2.35. The van der Waals surface area contributed by atoms with E-state index in [1.54, 1.807) is 20.8 Å². The molecule has 0 aliphatic carbocycles. The topological polar surface area (TPSA) is 50.7 Å². The second-order valence-corrected chi connectivity index (χ2v) is 5.23. The first-order valence-corrected chi connectivity index (χ1v) is 5.91. The van der Waals surface area contributed by atoms with Crippen LogP contribution in [0.3, 0.4) is 0 Å². The van der Waals surface area contributed by atoms with E-state index in [-0.39, 0.29) is 13.0 Å². The highest BCUT2D eigenvalue weighted by Crippen LogP contribution is 2.39. The zero-order valence-corrected chi connectivity index (χ0v) is 11.8. The molecule has 0 aromatic carbocycles. The number of likely N-dealkylation sites (N-methyl/N-ethyl adjacent to an activating group) is 1. The fourth-order valence-electron chi connectivity index (χ4n) is 1.52. The summed E-state index contributed by atoms with van der Waals surface area (Å²) >= 11 is 0. The molecule has 0 aromatic rings. The maximum absolute atomic E-state index is 14.1. The fraction of sp³-hybridized carbons (Fsp3) is 1.00. The lowest BCUT2D eigenvalue weighted by atomic mass is 9.78. The van der Waals surface area contributed by atoms with Crippen LogP contribution >= 0.6 is 0 Å². The number of rotatable bonds is 8. The number of ether oxygens (including phenoxy) is 1. The van der Waals surface area contributed by atoms with E-state index in [1.165, 1.54) is 14.0 Å². The van der Waals surface area contributed by atoms with Crippen LogP contribution in [0.25, 0.3) is 0 Å². The molecular formula is C11H22B2FNO3. The summed E-state index contributed by atoms with van der Waals surface area (Å²) in [5, 5.41) is 12.0. The molecule has 0 amide bonds. The van der Waals surface area contributed by atoms with Gasteiger partial charge in [-0.2, -0.15) is 0 Å². The van der Waals surface area contributed by atoms with Crippen LogP contribution in [0.15, 0.2) is 0 Å². The van der Waals surface area contributed by atoms with Crippen molar-refractivity contribution in [1.82, 2.24) is 5.32 Å². The Morgan fingerprint density at radius 3 is 2.17 bits per heavy atom. The summed E-state index contributed by atoms with van der Waals surface area (Å²) in [5.41, 5.74) is -2.27. The largest absolute Gasteiger partial charge is 0.422 e. The normalized spacial score (nSPS) is 21.1. The predicted octanol–water partition coefficient (Wildman–Crippen LogP) is 0.628. The van der Waals surface area contributed by atoms with Gasteiger partial charge in [0, 0.05) is 10.9 Å². The SMILES string of the molecule is [B]O[C@](CC)(O[C@H](F)[C@@]([B])(C)NC)C(C)(C)CO. The third-order valence-corrected chi connectivity index (χ3v) is 3.39. The number of alkyl halides is 1. The minimum Gasteiger partial charge on any atom is -0.422 e. The van der Waals surface area contributed by atoms with Crippen molar-refractivity contribution in [3.05, 3.63) is 0 Å². The Labute approximate surface area is 111 Å². The highest BCUT2D eigenvalue weighted by Gasteiger charge is 2.48. The van der Waals surface area contributed by atoms with E-state index < -0.39 is 23.0 Å². The molecule has 0 bridgehead atoms. The van der Waals surface area contributed by atoms with Crippen molar-refractivity contribution < 1.29 is 18.9 Å². The van der Waals surface area contributed by atoms with E-state index in [2.05, 4.69) is 5.32 Å². The number of nitrogens with one attached hydrogen (secondary N) is 1. The smallest absolute Gasteiger partial charge is 0.286 e. The van der Waals surface area contributed by atoms with E-state index in [9.17, 15) is 9.50 Å². The Bertz CT molecular complexity index is 261. The highest BCUT2D eigenvalue weighted by atomic mass is 19.1. The van der Waals surface area contributed by atoms with Gasteiger partial charge >= 0.3 is 0 Å². The third-order valence-electron chi connectivity index (χ3n) is 3.39. The molecule has 0 spiro atoms. The summed E-state index contributed by atoms with van der Waals surface area (Å²) < 4.78 is 24.2. The Hall–Kier alpha value is -0.100. The second kappa shape index (κ2) is 6.37. The van der Waals surface area contributed by atoms with Crippen molar-refractivity contribution in [3.63, 3.8) is 0 Å². The molecule has 0 aliphatic rings. The zero-order valence-electron chi connectivity index (χ0n) is 11.8. The number of aliphatic hydroxyl groups excluding tert-OH is 1. The van der Waals surface area contributed by atoms with Gasteiger partial charge in [0.1, 0.15) is 7.85 Å². The first-order valence-electron chi connectivity index (χ1n) is 5.91. The lowest BCUT2D eigenvalue weighted by Gasteiger charge is -2.47. The molecule has 2 N–H and O–H groups in total. The summed E-state index contributed by atoms with van der Waals surface area (Å²) in [6, 6.07) is 0. The van der Waals surface area contributed by atoms with Crippen molar-refractivity contribution in [3.8, 4) is 0 Å². The van der Waals surface area contributed by atoms with E-state index in [4.69, 9.17) is 25.3 Å². The maximum atomic E-state index is 14.1. The van der Waals surface area contributed by atoms with Crippen LogP contribution in [0.4, 0.5) is 4.39 Å². The first kappa shape index (κ1) is 17.9. The van der Waals surface area contributed by atoms with Crippen LogP contribution in [-0.2, 0) is 9.39 Å². The lowest BCUT2D eigenvalue weighted by Crippen LogP contribution is -2.58. The van der Waals surface area contributed by atoms with Crippen LogP contribution in [0, 0.1) is 5.41 Å². The molecule has 0 saturated heterocycles. The van der Waals surface area contributed by atoms with Gasteiger partial charge in [0.2, 0.25) is 6.36 Å². The van der Waals surface area contributed by atoms with Crippen molar-refractivity contribution >= 4 is 15.9 Å². The first-order chi connectivity index (χ1) is 8.12. The Balaban J connectivity index is 5.16. The van der Waals surface area contributed by atoms with E-state index in [0.717, 1.165) is 0 Å². The maximum Gasteiger partial charge on any atom is 0.286 e. The molecule has 0 saturated carbocycles. The van der Waals surface area contributed by atoms with Crippen molar-refractivity contribution in [2.24, 2.45) is 5.41 Å². The van der Waals surface area contributed by atoms with Crippen LogP contribution in [0.5, 0.6) is 0 Å². The van der Waals surface area contributed by atoms with Gasteiger partial charge in [-0.1, -0.05) is 27.7 Å². The Morgan fingerprint density at radius 2 is 1.89 bits per heavy atom. The van der Waals surface area contributed by atoms with Gasteiger partial charge in [-0.15, -0.1) is 0 Å². The monoisotopic (exact) mass is 257 g/mol. The molecule has 3 atom stereocenters. The zero-order chi connectivity index (χ0) is 14.6. The summed E-state index contributed by atoms with van der Waals surface area (Å²) in [6.45, 7) is 6.24. The third kappa shape index (κ3) is 3.47. The van der Waals surface area contributed by atoms with Crippen molar-refractivity contribution in [1.29, 1.82) is 0 Å². The molecule has 0 fully saturated rings. The van der Waals surface area contributed by atoms with Gasteiger partial charge in [0.05, 0.1) is 6.61 Å². The van der Waals surface area contributed by atoms with Crippen molar-refractivity contribution in [2.45, 2.75) is 51.7 Å². The molecule has 102 valence electrons. The number of halogens is 1. The summed E-state index contributed by atoms with van der Waals surface area (Å²) in [7, 11) is 12.5.